The zero-order valence-corrected chi connectivity index (χ0v) is 15.4. The molecule has 0 atom stereocenters. The van der Waals surface area contributed by atoms with Crippen LogP contribution in [0.1, 0.15) is 45.9 Å². The second-order valence-corrected chi connectivity index (χ2v) is 6.57. The summed E-state index contributed by atoms with van der Waals surface area (Å²) >= 11 is 0. The number of piperidine rings is 1. The molecule has 0 spiro atoms. The third kappa shape index (κ3) is 5.86. The number of nitrogens with one attached hydrogen (secondary N) is 2. The molecular weight excluding hydrogens is 342 g/mol. The molecule has 2 N–H and O–H groups in total. The fourth-order valence-corrected chi connectivity index (χ4v) is 3.05. The van der Waals surface area contributed by atoms with Crippen LogP contribution in [0.3, 0.4) is 0 Å². The second kappa shape index (κ2) is 9.78. The Bertz CT molecular complexity index is 760. The summed E-state index contributed by atoms with van der Waals surface area (Å²) in [5.74, 6) is -0.588. The average molecular weight is 367 g/mol. The lowest BCUT2D eigenvalue weighted by Gasteiger charge is -2.26. The number of aromatic nitrogens is 2. The Kier molecular flexibility index (Phi) is 6.87. The van der Waals surface area contributed by atoms with Crippen molar-refractivity contribution in [1.82, 2.24) is 25.5 Å². The number of rotatable bonds is 7. The largest absolute Gasteiger partial charge is 0.349 e. The van der Waals surface area contributed by atoms with Crippen molar-refractivity contribution in [3.8, 4) is 0 Å². The van der Waals surface area contributed by atoms with Crippen molar-refractivity contribution in [3.63, 3.8) is 0 Å². The Morgan fingerprint density at radius 1 is 0.926 bits per heavy atom. The second-order valence-electron chi connectivity index (χ2n) is 6.57. The lowest BCUT2D eigenvalue weighted by atomic mass is 10.1. The van der Waals surface area contributed by atoms with E-state index < -0.39 is 0 Å². The predicted octanol–water partition coefficient (Wildman–Crippen LogP) is 1.62. The van der Waals surface area contributed by atoms with Crippen LogP contribution in [0.5, 0.6) is 0 Å². The summed E-state index contributed by atoms with van der Waals surface area (Å²) in [5.41, 5.74) is 1.23. The minimum atomic E-state index is -0.330. The van der Waals surface area contributed by atoms with Gasteiger partial charge in [0.15, 0.2) is 0 Å². The molecule has 1 aliphatic heterocycles. The Balaban J connectivity index is 1.49. The first-order chi connectivity index (χ1) is 13.2. The van der Waals surface area contributed by atoms with E-state index in [2.05, 4.69) is 25.5 Å². The molecule has 7 nitrogen and oxygen atoms in total. The maximum Gasteiger partial charge on any atom is 0.270 e. The summed E-state index contributed by atoms with van der Waals surface area (Å²) < 4.78 is 0. The quantitative estimate of drug-likeness (QED) is 0.777. The summed E-state index contributed by atoms with van der Waals surface area (Å²) in [7, 11) is 0. The fourth-order valence-electron chi connectivity index (χ4n) is 3.05. The van der Waals surface area contributed by atoms with Gasteiger partial charge >= 0.3 is 0 Å². The van der Waals surface area contributed by atoms with Crippen LogP contribution in [0.15, 0.2) is 42.6 Å². The third-order valence-electron chi connectivity index (χ3n) is 4.53. The van der Waals surface area contributed by atoms with Gasteiger partial charge in [-0.2, -0.15) is 0 Å². The van der Waals surface area contributed by atoms with Gasteiger partial charge < -0.3 is 15.5 Å². The number of hydrogen-bond donors (Lipinski definition) is 2. The molecule has 7 heteroatoms. The Hall–Kier alpha value is -2.80. The minimum absolute atomic E-state index is 0.217. The molecule has 2 aromatic rings. The molecule has 0 unspecified atom stereocenters. The van der Waals surface area contributed by atoms with Gasteiger partial charge in [0.2, 0.25) is 0 Å². The molecule has 3 rings (SSSR count). The molecule has 142 valence electrons. The molecule has 3 heterocycles. The van der Waals surface area contributed by atoms with Crippen LogP contribution in [-0.4, -0.2) is 52.9 Å². The molecule has 0 bridgehead atoms. The number of carbonyl (C=O) groups is 2. The molecule has 2 amide bonds. The first kappa shape index (κ1) is 19.0. The van der Waals surface area contributed by atoms with E-state index in [9.17, 15) is 9.59 Å². The molecule has 0 radical (unpaired) electrons. The van der Waals surface area contributed by atoms with Gasteiger partial charge in [-0.1, -0.05) is 18.6 Å². The lowest BCUT2D eigenvalue weighted by molar-refractivity contribution is 0.0938. The summed E-state index contributed by atoms with van der Waals surface area (Å²) in [5, 5.41) is 5.65. The standard InChI is InChI=1S/C20H25N5O2/c26-19(22-11-14-25-12-4-1-5-13-25)17-8-6-9-18(24-17)20(27)23-15-16-7-2-3-10-21-16/h2-3,6-10H,1,4-5,11-15H2,(H,22,26)(H,23,27). The molecular formula is C20H25N5O2. The van der Waals surface area contributed by atoms with Crippen LogP contribution in [-0.2, 0) is 6.54 Å². The van der Waals surface area contributed by atoms with Gasteiger partial charge in [0.25, 0.3) is 11.8 Å². The highest BCUT2D eigenvalue weighted by molar-refractivity contribution is 5.96. The van der Waals surface area contributed by atoms with E-state index in [0.717, 1.165) is 25.3 Å². The first-order valence-corrected chi connectivity index (χ1v) is 9.38. The molecule has 1 saturated heterocycles. The highest BCUT2D eigenvalue weighted by Gasteiger charge is 2.13. The number of likely N-dealkylation sites (tertiary alicyclic amines) is 1. The fraction of sp³-hybridized carbons (Fsp3) is 0.400. The van der Waals surface area contributed by atoms with E-state index in [-0.39, 0.29) is 23.2 Å². The normalized spacial score (nSPS) is 14.5. The van der Waals surface area contributed by atoms with Gasteiger partial charge in [0.1, 0.15) is 11.4 Å². The maximum absolute atomic E-state index is 12.3. The number of pyridine rings is 2. The highest BCUT2D eigenvalue weighted by atomic mass is 16.2. The topological polar surface area (TPSA) is 87.2 Å². The van der Waals surface area contributed by atoms with Crippen molar-refractivity contribution in [2.75, 3.05) is 26.2 Å². The van der Waals surface area contributed by atoms with Crippen molar-refractivity contribution >= 4 is 11.8 Å². The van der Waals surface area contributed by atoms with Crippen LogP contribution in [0.2, 0.25) is 0 Å². The SMILES string of the molecule is O=C(NCCN1CCCCC1)c1cccc(C(=O)NCc2ccccn2)n1. The Labute approximate surface area is 159 Å². The third-order valence-corrected chi connectivity index (χ3v) is 4.53. The van der Waals surface area contributed by atoms with Gasteiger partial charge in [0, 0.05) is 19.3 Å². The predicted molar refractivity (Wildman–Crippen MR) is 102 cm³/mol. The van der Waals surface area contributed by atoms with Crippen molar-refractivity contribution in [1.29, 1.82) is 0 Å². The summed E-state index contributed by atoms with van der Waals surface area (Å²) in [6.07, 6.45) is 5.42. The lowest BCUT2D eigenvalue weighted by Crippen LogP contribution is -2.38. The van der Waals surface area contributed by atoms with Crippen molar-refractivity contribution < 1.29 is 9.59 Å². The number of nitrogens with zero attached hydrogens (tertiary/aromatic N) is 3. The number of carbonyl (C=O) groups excluding carboxylic acids is 2. The van der Waals surface area contributed by atoms with E-state index in [0.29, 0.717) is 13.1 Å². The maximum atomic E-state index is 12.3. The van der Waals surface area contributed by atoms with Crippen LogP contribution < -0.4 is 10.6 Å². The van der Waals surface area contributed by atoms with E-state index in [1.807, 2.05) is 18.2 Å². The van der Waals surface area contributed by atoms with Crippen LogP contribution in [0.25, 0.3) is 0 Å². The van der Waals surface area contributed by atoms with Crippen LogP contribution in [0, 0.1) is 0 Å². The average Bonchev–Trinajstić information content (AvgIpc) is 2.73. The molecule has 1 fully saturated rings. The molecule has 0 aromatic carbocycles. The molecule has 27 heavy (non-hydrogen) atoms. The highest BCUT2D eigenvalue weighted by Crippen LogP contribution is 2.07. The molecule has 2 aromatic heterocycles. The molecule has 0 aliphatic carbocycles. The summed E-state index contributed by atoms with van der Waals surface area (Å²) in [4.78, 5) is 35.3. The summed E-state index contributed by atoms with van der Waals surface area (Å²) in [6, 6.07) is 10.4. The van der Waals surface area contributed by atoms with Gasteiger partial charge in [-0.15, -0.1) is 0 Å². The van der Waals surface area contributed by atoms with Gasteiger partial charge in [0.05, 0.1) is 12.2 Å². The molecule has 0 saturated carbocycles. The zero-order valence-electron chi connectivity index (χ0n) is 15.4. The Morgan fingerprint density at radius 2 is 1.67 bits per heavy atom. The smallest absolute Gasteiger partial charge is 0.270 e. The van der Waals surface area contributed by atoms with Crippen molar-refractivity contribution in [2.45, 2.75) is 25.8 Å². The van der Waals surface area contributed by atoms with E-state index in [4.69, 9.17) is 0 Å². The van der Waals surface area contributed by atoms with Crippen LogP contribution in [0.4, 0.5) is 0 Å². The minimum Gasteiger partial charge on any atom is -0.349 e. The van der Waals surface area contributed by atoms with Crippen LogP contribution >= 0.6 is 0 Å². The number of hydrogen-bond acceptors (Lipinski definition) is 5. The monoisotopic (exact) mass is 367 g/mol. The van der Waals surface area contributed by atoms with Crippen molar-refractivity contribution in [3.05, 3.63) is 59.7 Å². The van der Waals surface area contributed by atoms with Crippen molar-refractivity contribution in [2.24, 2.45) is 0 Å². The van der Waals surface area contributed by atoms with E-state index >= 15 is 0 Å². The van der Waals surface area contributed by atoms with Gasteiger partial charge in [-0.25, -0.2) is 4.98 Å². The molecule has 1 aliphatic rings. The zero-order chi connectivity index (χ0) is 18.9. The Morgan fingerprint density at radius 3 is 2.37 bits per heavy atom. The summed E-state index contributed by atoms with van der Waals surface area (Å²) in [6.45, 7) is 3.93. The van der Waals surface area contributed by atoms with Gasteiger partial charge in [-0.05, 0) is 50.2 Å². The first-order valence-electron chi connectivity index (χ1n) is 9.38. The van der Waals surface area contributed by atoms with Gasteiger partial charge in [-0.3, -0.25) is 14.6 Å². The number of amides is 2. The van der Waals surface area contributed by atoms with E-state index in [1.54, 1.807) is 24.4 Å². The van der Waals surface area contributed by atoms with E-state index in [1.165, 1.54) is 19.3 Å².